The molecule has 0 aliphatic rings. The number of nitrogens with zero attached hydrogens (tertiary/aromatic N) is 3. The molecule has 0 aliphatic carbocycles. The molecule has 0 unspecified atom stereocenters. The smallest absolute Gasteiger partial charge is 0.226 e. The van der Waals surface area contributed by atoms with Crippen LogP contribution in [0.4, 0.5) is 30.6 Å². The van der Waals surface area contributed by atoms with Gasteiger partial charge in [0.25, 0.3) is 0 Å². The highest BCUT2D eigenvalue weighted by atomic mass is 19.2. The van der Waals surface area contributed by atoms with E-state index >= 15 is 0 Å². The lowest BCUT2D eigenvalue weighted by Gasteiger charge is -2.09. The third kappa shape index (κ3) is 2.33. The lowest BCUT2D eigenvalue weighted by Crippen LogP contribution is -2.04. The fraction of sp³-hybridized carbons (Fsp3) is 0.0833. The van der Waals surface area contributed by atoms with Gasteiger partial charge in [-0.1, -0.05) is 0 Å². The van der Waals surface area contributed by atoms with Crippen molar-refractivity contribution in [2.24, 2.45) is 0 Å². The lowest BCUT2D eigenvalue weighted by molar-refractivity contribution is 0.498. The van der Waals surface area contributed by atoms with Gasteiger partial charge in [-0.15, -0.1) is 0 Å². The highest BCUT2D eigenvalue weighted by molar-refractivity contribution is 5.86. The minimum atomic E-state index is -1.29. The quantitative estimate of drug-likeness (QED) is 0.647. The van der Waals surface area contributed by atoms with E-state index in [-0.39, 0.29) is 17.5 Å². The molecule has 0 saturated heterocycles. The number of anilines is 3. The number of halogens is 3. The minimum Gasteiger partial charge on any atom is -0.357 e. The molecular weight excluding hydrogens is 285 g/mol. The Hall–Kier alpha value is -2.84. The molecule has 21 heavy (non-hydrogen) atoms. The molecule has 1 aromatic carbocycles. The first-order chi connectivity index (χ1) is 10.1. The Kier molecular flexibility index (Phi) is 3.09. The number of nitrogens with one attached hydrogen (secondary N) is 3. The molecule has 0 spiro atoms. The molecule has 0 saturated carbocycles. The maximum Gasteiger partial charge on any atom is 0.226 e. The summed E-state index contributed by atoms with van der Waals surface area (Å²) in [5.74, 6) is -3.02. The summed E-state index contributed by atoms with van der Waals surface area (Å²) in [6, 6.07) is 1.30. The SMILES string of the molecule is CNc1nc(Nc2cc(F)cc(F)c2F)c2[nH]cnc2n1. The van der Waals surface area contributed by atoms with Gasteiger partial charge in [0.2, 0.25) is 5.95 Å². The van der Waals surface area contributed by atoms with Crippen LogP contribution < -0.4 is 10.6 Å². The zero-order chi connectivity index (χ0) is 15.0. The molecule has 0 fully saturated rings. The molecule has 2 heterocycles. The highest BCUT2D eigenvalue weighted by Gasteiger charge is 2.15. The fourth-order valence-corrected chi connectivity index (χ4v) is 1.81. The van der Waals surface area contributed by atoms with Crippen LogP contribution in [0.3, 0.4) is 0 Å². The Bertz CT molecular complexity index is 816. The molecule has 0 amide bonds. The van der Waals surface area contributed by atoms with E-state index < -0.39 is 17.5 Å². The molecule has 0 radical (unpaired) electrons. The molecule has 9 heteroatoms. The Balaban J connectivity index is 2.11. The van der Waals surface area contributed by atoms with Gasteiger partial charge in [0, 0.05) is 19.2 Å². The molecule has 3 rings (SSSR count). The van der Waals surface area contributed by atoms with Crippen LogP contribution in [-0.4, -0.2) is 27.0 Å². The van der Waals surface area contributed by atoms with Crippen molar-refractivity contribution in [1.82, 2.24) is 19.9 Å². The number of H-pyrrole nitrogens is 1. The van der Waals surface area contributed by atoms with E-state index in [1.807, 2.05) is 0 Å². The second-order valence-corrected chi connectivity index (χ2v) is 4.12. The van der Waals surface area contributed by atoms with Crippen molar-refractivity contribution in [3.8, 4) is 0 Å². The normalized spacial score (nSPS) is 10.9. The van der Waals surface area contributed by atoms with Crippen LogP contribution >= 0.6 is 0 Å². The maximum absolute atomic E-state index is 13.7. The van der Waals surface area contributed by atoms with Crippen LogP contribution in [0, 0.1) is 17.5 Å². The second-order valence-electron chi connectivity index (χ2n) is 4.12. The molecule has 3 aromatic rings. The van der Waals surface area contributed by atoms with Gasteiger partial charge in [0.05, 0.1) is 12.0 Å². The van der Waals surface area contributed by atoms with Crippen molar-refractivity contribution in [2.75, 3.05) is 17.7 Å². The zero-order valence-corrected chi connectivity index (χ0v) is 10.7. The number of aromatic nitrogens is 4. The minimum absolute atomic E-state index is 0.144. The van der Waals surface area contributed by atoms with E-state index in [1.54, 1.807) is 7.05 Å². The van der Waals surface area contributed by atoms with Crippen molar-refractivity contribution in [1.29, 1.82) is 0 Å². The van der Waals surface area contributed by atoms with Crippen molar-refractivity contribution in [3.05, 3.63) is 35.9 Å². The molecular formula is C12H9F3N6. The average Bonchev–Trinajstić information content (AvgIpc) is 2.92. The first-order valence-corrected chi connectivity index (χ1v) is 5.89. The molecule has 0 atom stereocenters. The maximum atomic E-state index is 13.7. The van der Waals surface area contributed by atoms with Crippen molar-refractivity contribution >= 4 is 28.6 Å². The number of rotatable bonds is 3. The summed E-state index contributed by atoms with van der Waals surface area (Å²) in [7, 11) is 1.60. The Morgan fingerprint density at radius 1 is 1.14 bits per heavy atom. The third-order valence-electron chi connectivity index (χ3n) is 2.76. The van der Waals surface area contributed by atoms with E-state index in [0.29, 0.717) is 17.2 Å². The van der Waals surface area contributed by atoms with Crippen molar-refractivity contribution < 1.29 is 13.2 Å². The monoisotopic (exact) mass is 294 g/mol. The molecule has 0 bridgehead atoms. The summed E-state index contributed by atoms with van der Waals surface area (Å²) in [6.45, 7) is 0. The van der Waals surface area contributed by atoms with Crippen LogP contribution in [0.2, 0.25) is 0 Å². The zero-order valence-electron chi connectivity index (χ0n) is 10.7. The number of hydrogen-bond acceptors (Lipinski definition) is 5. The van der Waals surface area contributed by atoms with Gasteiger partial charge < -0.3 is 15.6 Å². The van der Waals surface area contributed by atoms with Crippen LogP contribution in [0.25, 0.3) is 11.2 Å². The fourth-order valence-electron chi connectivity index (χ4n) is 1.81. The number of aromatic amines is 1. The predicted molar refractivity (Wildman–Crippen MR) is 70.8 cm³/mol. The van der Waals surface area contributed by atoms with Gasteiger partial charge in [-0.25, -0.2) is 18.2 Å². The standard InChI is InChI=1S/C12H9F3N6/c1-16-12-20-10-9(17-4-18-10)11(21-12)19-7-3-5(13)2-6(14)8(7)15/h2-4H,1H3,(H3,16,17,18,19,20,21). The molecule has 108 valence electrons. The van der Waals surface area contributed by atoms with Gasteiger partial charge in [-0.2, -0.15) is 9.97 Å². The van der Waals surface area contributed by atoms with Gasteiger partial charge in [0.1, 0.15) is 11.3 Å². The van der Waals surface area contributed by atoms with E-state index in [2.05, 4.69) is 30.6 Å². The summed E-state index contributed by atoms with van der Waals surface area (Å²) < 4.78 is 40.1. The number of benzene rings is 1. The van der Waals surface area contributed by atoms with Gasteiger partial charge in [-0.3, -0.25) is 0 Å². The second kappa shape index (κ2) is 4.93. The predicted octanol–water partition coefficient (Wildman–Crippen LogP) is 2.56. The number of hydrogen-bond donors (Lipinski definition) is 3. The molecule has 3 N–H and O–H groups in total. The summed E-state index contributed by atoms with van der Waals surface area (Å²) in [6.07, 6.45) is 1.38. The molecule has 6 nitrogen and oxygen atoms in total. The molecule has 2 aromatic heterocycles. The summed E-state index contributed by atoms with van der Waals surface area (Å²) >= 11 is 0. The Morgan fingerprint density at radius 2 is 1.95 bits per heavy atom. The summed E-state index contributed by atoms with van der Waals surface area (Å²) in [5.41, 5.74) is 0.344. The first kappa shape index (κ1) is 13.2. The Labute approximate surface area is 116 Å². The van der Waals surface area contributed by atoms with Crippen LogP contribution in [0.15, 0.2) is 18.5 Å². The van der Waals surface area contributed by atoms with E-state index in [4.69, 9.17) is 0 Å². The van der Waals surface area contributed by atoms with Gasteiger partial charge >= 0.3 is 0 Å². The number of imidazole rings is 1. The average molecular weight is 294 g/mol. The van der Waals surface area contributed by atoms with Gasteiger partial charge in [0.15, 0.2) is 23.1 Å². The topological polar surface area (TPSA) is 78.5 Å². The van der Waals surface area contributed by atoms with E-state index in [1.165, 1.54) is 6.33 Å². The highest BCUT2D eigenvalue weighted by Crippen LogP contribution is 2.26. The lowest BCUT2D eigenvalue weighted by atomic mass is 10.2. The summed E-state index contributed by atoms with van der Waals surface area (Å²) in [4.78, 5) is 14.9. The largest absolute Gasteiger partial charge is 0.357 e. The van der Waals surface area contributed by atoms with Crippen LogP contribution in [0.5, 0.6) is 0 Å². The van der Waals surface area contributed by atoms with E-state index in [9.17, 15) is 13.2 Å². The van der Waals surface area contributed by atoms with E-state index in [0.717, 1.165) is 6.07 Å². The molecule has 0 aliphatic heterocycles. The first-order valence-electron chi connectivity index (χ1n) is 5.89. The Morgan fingerprint density at radius 3 is 2.71 bits per heavy atom. The van der Waals surface area contributed by atoms with Crippen molar-refractivity contribution in [3.63, 3.8) is 0 Å². The van der Waals surface area contributed by atoms with Gasteiger partial charge in [-0.05, 0) is 0 Å². The number of fused-ring (bicyclic) bond motifs is 1. The van der Waals surface area contributed by atoms with Crippen LogP contribution in [0.1, 0.15) is 0 Å². The van der Waals surface area contributed by atoms with Crippen LogP contribution in [-0.2, 0) is 0 Å². The summed E-state index contributed by atoms with van der Waals surface area (Å²) in [5, 5.41) is 5.25. The van der Waals surface area contributed by atoms with Crippen molar-refractivity contribution in [2.45, 2.75) is 0 Å². The third-order valence-corrected chi connectivity index (χ3v) is 2.76.